The third kappa shape index (κ3) is 3.70. The van der Waals surface area contributed by atoms with Crippen molar-refractivity contribution in [1.29, 1.82) is 0 Å². The van der Waals surface area contributed by atoms with Gasteiger partial charge in [0.25, 0.3) is 0 Å². The minimum absolute atomic E-state index is 0.258. The van der Waals surface area contributed by atoms with E-state index in [1.54, 1.807) is 0 Å². The fraction of sp³-hybridized carbons (Fsp3) is 1.00. The maximum Gasteiger partial charge on any atom is 0.0434 e. The van der Waals surface area contributed by atoms with Crippen LogP contribution in [-0.2, 0) is 0 Å². The van der Waals surface area contributed by atoms with Gasteiger partial charge >= 0.3 is 0 Å². The van der Waals surface area contributed by atoms with Crippen LogP contribution in [0, 0.1) is 5.92 Å². The van der Waals surface area contributed by atoms with E-state index in [4.69, 9.17) is 10.8 Å². The molecule has 1 aliphatic rings. The summed E-state index contributed by atoms with van der Waals surface area (Å²) in [6.07, 6.45) is 3.46. The average molecular weight is 158 g/mol. The average Bonchev–Trinajstić information content (AvgIpc) is 2.81. The molecule has 0 saturated heterocycles. The molecule has 0 aromatic heterocycles. The van der Waals surface area contributed by atoms with Crippen molar-refractivity contribution in [3.63, 3.8) is 0 Å². The topological polar surface area (TPSA) is 58.3 Å². The predicted molar refractivity (Wildman–Crippen MR) is 45.3 cm³/mol. The van der Waals surface area contributed by atoms with E-state index in [1.165, 1.54) is 12.8 Å². The largest absolute Gasteiger partial charge is 0.396 e. The lowest BCUT2D eigenvalue weighted by Crippen LogP contribution is -2.30. The number of hydrogen-bond donors (Lipinski definition) is 3. The van der Waals surface area contributed by atoms with E-state index < -0.39 is 0 Å². The van der Waals surface area contributed by atoms with Crippen LogP contribution in [0.2, 0.25) is 0 Å². The molecule has 0 aliphatic heterocycles. The van der Waals surface area contributed by atoms with E-state index in [9.17, 15) is 0 Å². The molecule has 1 saturated carbocycles. The lowest BCUT2D eigenvalue weighted by atomic mass is 10.1. The van der Waals surface area contributed by atoms with Crippen LogP contribution in [0.25, 0.3) is 0 Å². The summed E-state index contributed by atoms with van der Waals surface area (Å²) in [5.41, 5.74) is 5.51. The molecule has 0 aromatic carbocycles. The second kappa shape index (κ2) is 4.70. The molecule has 1 atom stereocenters. The molecule has 0 bridgehead atoms. The monoisotopic (exact) mass is 158 g/mol. The van der Waals surface area contributed by atoms with Crippen LogP contribution in [0.1, 0.15) is 19.3 Å². The smallest absolute Gasteiger partial charge is 0.0434 e. The molecule has 0 amide bonds. The molecule has 1 fully saturated rings. The standard InChI is InChI=1S/C8H18N2O/c9-5-7(3-4-11)6-10-8-1-2-8/h7-8,10-11H,1-6,9H2. The van der Waals surface area contributed by atoms with Crippen LogP contribution >= 0.6 is 0 Å². The van der Waals surface area contributed by atoms with E-state index in [0.717, 1.165) is 19.0 Å². The van der Waals surface area contributed by atoms with Gasteiger partial charge in [0.05, 0.1) is 0 Å². The van der Waals surface area contributed by atoms with Crippen molar-refractivity contribution in [2.24, 2.45) is 11.7 Å². The molecule has 11 heavy (non-hydrogen) atoms. The number of nitrogens with one attached hydrogen (secondary N) is 1. The van der Waals surface area contributed by atoms with Gasteiger partial charge < -0.3 is 16.2 Å². The molecule has 0 spiro atoms. The Hall–Kier alpha value is -0.120. The highest BCUT2D eigenvalue weighted by atomic mass is 16.3. The Morgan fingerprint density at radius 2 is 2.27 bits per heavy atom. The SMILES string of the molecule is NCC(CCO)CNC1CC1. The molecule has 1 rings (SSSR count). The van der Waals surface area contributed by atoms with Crippen molar-refractivity contribution in [2.45, 2.75) is 25.3 Å². The Balaban J connectivity index is 1.98. The molecule has 3 heteroatoms. The van der Waals surface area contributed by atoms with Crippen LogP contribution in [0.4, 0.5) is 0 Å². The summed E-state index contributed by atoms with van der Waals surface area (Å²) in [6, 6.07) is 0.753. The minimum atomic E-state index is 0.258. The van der Waals surface area contributed by atoms with Crippen molar-refractivity contribution >= 4 is 0 Å². The lowest BCUT2D eigenvalue weighted by Gasteiger charge is -2.13. The second-order valence-electron chi connectivity index (χ2n) is 3.30. The Labute approximate surface area is 68.0 Å². The van der Waals surface area contributed by atoms with Gasteiger partial charge in [-0.1, -0.05) is 0 Å². The molecule has 3 nitrogen and oxygen atoms in total. The van der Waals surface area contributed by atoms with Gasteiger partial charge in [-0.2, -0.15) is 0 Å². The van der Waals surface area contributed by atoms with Crippen molar-refractivity contribution < 1.29 is 5.11 Å². The van der Waals surface area contributed by atoms with E-state index >= 15 is 0 Å². The third-order valence-corrected chi connectivity index (χ3v) is 2.14. The minimum Gasteiger partial charge on any atom is -0.396 e. The number of aliphatic hydroxyl groups excluding tert-OH is 1. The number of hydrogen-bond acceptors (Lipinski definition) is 3. The number of aliphatic hydroxyl groups is 1. The molecule has 4 N–H and O–H groups in total. The predicted octanol–water partition coefficient (Wildman–Crippen LogP) is -0.304. The first kappa shape index (κ1) is 8.97. The van der Waals surface area contributed by atoms with Gasteiger partial charge in [0.2, 0.25) is 0 Å². The molecular formula is C8H18N2O. The van der Waals surface area contributed by atoms with Crippen molar-refractivity contribution in [3.05, 3.63) is 0 Å². The fourth-order valence-corrected chi connectivity index (χ4v) is 1.11. The van der Waals surface area contributed by atoms with Crippen molar-refractivity contribution in [1.82, 2.24) is 5.32 Å². The number of rotatable bonds is 6. The molecular weight excluding hydrogens is 140 g/mol. The van der Waals surface area contributed by atoms with Gasteiger partial charge in [-0.05, 0) is 38.3 Å². The first-order chi connectivity index (χ1) is 5.36. The summed E-state index contributed by atoms with van der Waals surface area (Å²) >= 11 is 0. The van der Waals surface area contributed by atoms with Gasteiger partial charge in [-0.25, -0.2) is 0 Å². The van der Waals surface area contributed by atoms with E-state index in [2.05, 4.69) is 5.32 Å². The number of nitrogens with two attached hydrogens (primary N) is 1. The first-order valence-electron chi connectivity index (χ1n) is 4.41. The summed E-state index contributed by atoms with van der Waals surface area (Å²) in [4.78, 5) is 0. The maximum absolute atomic E-state index is 8.67. The Morgan fingerprint density at radius 3 is 2.73 bits per heavy atom. The van der Waals surface area contributed by atoms with Crippen LogP contribution < -0.4 is 11.1 Å². The summed E-state index contributed by atoms with van der Waals surface area (Å²) in [5, 5.41) is 12.1. The molecule has 1 aliphatic carbocycles. The highest BCUT2D eigenvalue weighted by Crippen LogP contribution is 2.18. The zero-order valence-electron chi connectivity index (χ0n) is 6.92. The Morgan fingerprint density at radius 1 is 1.55 bits per heavy atom. The highest BCUT2D eigenvalue weighted by molar-refractivity contribution is 4.81. The first-order valence-corrected chi connectivity index (χ1v) is 4.41. The summed E-state index contributed by atoms with van der Waals surface area (Å²) in [7, 11) is 0. The van der Waals surface area contributed by atoms with Crippen LogP contribution in [0.5, 0.6) is 0 Å². The highest BCUT2D eigenvalue weighted by Gasteiger charge is 2.21. The lowest BCUT2D eigenvalue weighted by molar-refractivity contribution is 0.255. The van der Waals surface area contributed by atoms with Gasteiger partial charge in [-0.15, -0.1) is 0 Å². The summed E-state index contributed by atoms with van der Waals surface area (Å²) in [5.74, 6) is 0.459. The Bertz CT molecular complexity index is 104. The summed E-state index contributed by atoms with van der Waals surface area (Å²) < 4.78 is 0. The van der Waals surface area contributed by atoms with E-state index in [1.807, 2.05) is 0 Å². The second-order valence-corrected chi connectivity index (χ2v) is 3.30. The van der Waals surface area contributed by atoms with Crippen LogP contribution in [0.15, 0.2) is 0 Å². The molecule has 0 heterocycles. The molecule has 1 unspecified atom stereocenters. The normalized spacial score (nSPS) is 20.2. The van der Waals surface area contributed by atoms with E-state index in [-0.39, 0.29) is 6.61 Å². The van der Waals surface area contributed by atoms with Crippen molar-refractivity contribution in [2.75, 3.05) is 19.7 Å². The maximum atomic E-state index is 8.67. The molecule has 0 aromatic rings. The quantitative estimate of drug-likeness (QED) is 0.497. The Kier molecular flexibility index (Phi) is 3.83. The molecule has 0 radical (unpaired) electrons. The van der Waals surface area contributed by atoms with Crippen LogP contribution in [0.3, 0.4) is 0 Å². The zero-order chi connectivity index (χ0) is 8.10. The zero-order valence-corrected chi connectivity index (χ0v) is 6.92. The van der Waals surface area contributed by atoms with Gasteiger partial charge in [0, 0.05) is 12.6 Å². The van der Waals surface area contributed by atoms with Gasteiger partial charge in [-0.3, -0.25) is 0 Å². The van der Waals surface area contributed by atoms with Gasteiger partial charge in [0.15, 0.2) is 0 Å². The molecule has 66 valence electrons. The third-order valence-electron chi connectivity index (χ3n) is 2.14. The van der Waals surface area contributed by atoms with Crippen LogP contribution in [-0.4, -0.2) is 30.8 Å². The fourth-order valence-electron chi connectivity index (χ4n) is 1.11. The van der Waals surface area contributed by atoms with E-state index in [0.29, 0.717) is 12.5 Å². The van der Waals surface area contributed by atoms with Crippen molar-refractivity contribution in [3.8, 4) is 0 Å². The summed E-state index contributed by atoms with van der Waals surface area (Å²) in [6.45, 7) is 1.91. The van der Waals surface area contributed by atoms with Gasteiger partial charge in [0.1, 0.15) is 0 Å².